The summed E-state index contributed by atoms with van der Waals surface area (Å²) in [6.07, 6.45) is 37.0. The third kappa shape index (κ3) is 41.0. The summed E-state index contributed by atoms with van der Waals surface area (Å²) < 4.78 is 17.3. The van der Waals surface area contributed by atoms with Gasteiger partial charge in [0.2, 0.25) is 5.91 Å². The summed E-state index contributed by atoms with van der Waals surface area (Å²) in [5.74, 6) is -2.44. The lowest BCUT2D eigenvalue weighted by atomic mass is 9.94. The van der Waals surface area contributed by atoms with Gasteiger partial charge in [0.1, 0.15) is 19.1 Å². The van der Waals surface area contributed by atoms with Crippen LogP contribution in [-0.4, -0.2) is 87.2 Å². The molecule has 0 saturated carbocycles. The van der Waals surface area contributed by atoms with Gasteiger partial charge in [-0.15, -0.1) is 0 Å². The Labute approximate surface area is 422 Å². The molecule has 394 valence electrons. The SMILES string of the molecule is CCCCCCCCCCCCC(CCCCCCCCCC)COC(=O)C(CCSCC(CC(=O)OC/C=C(\C)CCC=C(C)C)C(=O)OC/C=C(\C)CCC=C(C)C)C(=O)NCCN(C)C. The largest absolute Gasteiger partial charge is 0.465 e. The zero-order valence-corrected chi connectivity index (χ0v) is 46.4. The summed E-state index contributed by atoms with van der Waals surface area (Å²) in [6.45, 7) is 18.6. The van der Waals surface area contributed by atoms with Crippen molar-refractivity contribution in [3.63, 3.8) is 0 Å². The second kappa shape index (κ2) is 45.3. The molecule has 3 atom stereocenters. The Kier molecular flexibility index (Phi) is 43.4. The van der Waals surface area contributed by atoms with Crippen molar-refractivity contribution in [2.24, 2.45) is 17.8 Å². The number of amides is 1. The number of nitrogens with zero attached hydrogens (tertiary/aromatic N) is 1. The van der Waals surface area contributed by atoms with Crippen molar-refractivity contribution >= 4 is 35.6 Å². The maximum Gasteiger partial charge on any atom is 0.318 e. The van der Waals surface area contributed by atoms with Crippen LogP contribution in [-0.2, 0) is 33.4 Å². The minimum Gasteiger partial charge on any atom is -0.465 e. The number of nitrogens with one attached hydrogen (secondary N) is 1. The summed E-state index contributed by atoms with van der Waals surface area (Å²) in [7, 11) is 3.89. The van der Waals surface area contributed by atoms with Gasteiger partial charge in [-0.2, -0.15) is 11.8 Å². The summed E-state index contributed by atoms with van der Waals surface area (Å²) in [4.78, 5) is 56.1. The molecule has 0 aliphatic rings. The van der Waals surface area contributed by atoms with Crippen LogP contribution >= 0.6 is 11.8 Å². The Hall–Kier alpha value is -2.85. The molecule has 0 radical (unpaired) electrons. The molecule has 0 spiro atoms. The molecular formula is C58H104N2O7S. The lowest BCUT2D eigenvalue weighted by Crippen LogP contribution is -2.40. The van der Waals surface area contributed by atoms with Crippen LogP contribution in [0.4, 0.5) is 0 Å². The van der Waals surface area contributed by atoms with E-state index < -0.39 is 29.7 Å². The third-order valence-electron chi connectivity index (χ3n) is 12.5. The van der Waals surface area contributed by atoms with E-state index in [9.17, 15) is 19.2 Å². The molecule has 3 unspecified atom stereocenters. The van der Waals surface area contributed by atoms with Crippen molar-refractivity contribution in [3.05, 3.63) is 46.6 Å². The number of esters is 3. The first kappa shape index (κ1) is 65.1. The van der Waals surface area contributed by atoms with Crippen LogP contribution in [0.2, 0.25) is 0 Å². The number of ether oxygens (including phenoxy) is 3. The standard InChI is InChI=1S/C58H104N2O7S/c1-11-13-15-17-19-21-22-24-26-28-36-52(35-27-25-23-20-18-16-14-12-2)46-67-58(64)54(56(62)59-40-41-60(9)10)39-44-68-47-53(57(63)66-43-38-51(8)34-30-32-49(5)6)45-55(61)65-42-37-50(7)33-29-31-48(3)4/h31-32,37-38,52-54H,11-30,33-36,39-47H2,1-10H3,(H,59,62)/b50-37+,51-38+. The maximum absolute atomic E-state index is 13.9. The lowest BCUT2D eigenvalue weighted by molar-refractivity contribution is -0.154. The molecule has 0 saturated heterocycles. The summed E-state index contributed by atoms with van der Waals surface area (Å²) in [6, 6.07) is 0. The van der Waals surface area contributed by atoms with E-state index in [4.69, 9.17) is 14.2 Å². The van der Waals surface area contributed by atoms with E-state index >= 15 is 0 Å². The van der Waals surface area contributed by atoms with Crippen molar-refractivity contribution < 1.29 is 33.4 Å². The van der Waals surface area contributed by atoms with Crippen molar-refractivity contribution in [1.82, 2.24) is 10.2 Å². The fourth-order valence-corrected chi connectivity index (χ4v) is 9.03. The van der Waals surface area contributed by atoms with Crippen molar-refractivity contribution in [2.45, 2.75) is 222 Å². The van der Waals surface area contributed by atoms with E-state index in [2.05, 4.69) is 59.0 Å². The van der Waals surface area contributed by atoms with Gasteiger partial charge in [-0.3, -0.25) is 19.2 Å². The molecule has 1 amide bonds. The zero-order chi connectivity index (χ0) is 50.6. The molecule has 1 N–H and O–H groups in total. The molecule has 68 heavy (non-hydrogen) atoms. The molecule has 0 heterocycles. The number of allylic oxidation sites excluding steroid dienone is 6. The number of rotatable bonds is 45. The average molecular weight is 974 g/mol. The van der Waals surface area contributed by atoms with Gasteiger partial charge in [-0.05, 0) is 124 Å². The van der Waals surface area contributed by atoms with Crippen molar-refractivity contribution in [2.75, 3.05) is 58.5 Å². The molecule has 0 aromatic rings. The lowest BCUT2D eigenvalue weighted by Gasteiger charge is -2.21. The summed E-state index contributed by atoms with van der Waals surface area (Å²) in [5, 5.41) is 2.97. The minimum atomic E-state index is -0.965. The fraction of sp³-hybridized carbons (Fsp3) is 0.793. The summed E-state index contributed by atoms with van der Waals surface area (Å²) >= 11 is 1.44. The Morgan fingerprint density at radius 1 is 0.574 bits per heavy atom. The van der Waals surface area contributed by atoms with Crippen LogP contribution in [0.25, 0.3) is 0 Å². The van der Waals surface area contributed by atoms with Crippen molar-refractivity contribution in [3.8, 4) is 0 Å². The smallest absolute Gasteiger partial charge is 0.318 e. The highest BCUT2D eigenvalue weighted by molar-refractivity contribution is 7.99. The second-order valence-corrected chi connectivity index (χ2v) is 21.3. The fourth-order valence-electron chi connectivity index (χ4n) is 7.92. The number of hydrogen-bond acceptors (Lipinski definition) is 9. The van der Waals surface area contributed by atoms with Crippen LogP contribution in [0.15, 0.2) is 46.6 Å². The molecular weight excluding hydrogens is 869 g/mol. The van der Waals surface area contributed by atoms with E-state index in [1.165, 1.54) is 126 Å². The molecule has 0 rings (SSSR count). The first-order valence-electron chi connectivity index (χ1n) is 27.3. The summed E-state index contributed by atoms with van der Waals surface area (Å²) in [5.41, 5.74) is 4.82. The van der Waals surface area contributed by atoms with Gasteiger partial charge in [-0.1, -0.05) is 164 Å². The topological polar surface area (TPSA) is 111 Å². The molecule has 10 heteroatoms. The zero-order valence-electron chi connectivity index (χ0n) is 45.6. The number of unbranched alkanes of at least 4 members (excludes halogenated alkanes) is 16. The molecule has 0 fully saturated rings. The van der Waals surface area contributed by atoms with Gasteiger partial charge in [0.05, 0.1) is 18.9 Å². The molecule has 0 aliphatic carbocycles. The van der Waals surface area contributed by atoms with E-state index in [1.54, 1.807) is 0 Å². The number of hydrogen-bond donors (Lipinski definition) is 1. The molecule has 0 bridgehead atoms. The first-order chi connectivity index (χ1) is 32.7. The van der Waals surface area contributed by atoms with Gasteiger partial charge in [0.25, 0.3) is 0 Å². The Morgan fingerprint density at radius 3 is 1.51 bits per heavy atom. The van der Waals surface area contributed by atoms with Crippen LogP contribution < -0.4 is 5.32 Å². The van der Waals surface area contributed by atoms with Gasteiger partial charge in [-0.25, -0.2) is 0 Å². The third-order valence-corrected chi connectivity index (χ3v) is 13.6. The molecule has 0 aromatic carbocycles. The highest BCUT2D eigenvalue weighted by atomic mass is 32.2. The number of carbonyl (C=O) groups is 4. The average Bonchev–Trinajstić information content (AvgIpc) is 3.28. The van der Waals surface area contributed by atoms with Crippen molar-refractivity contribution in [1.29, 1.82) is 0 Å². The predicted molar refractivity (Wildman–Crippen MR) is 290 cm³/mol. The van der Waals surface area contributed by atoms with Gasteiger partial charge >= 0.3 is 17.9 Å². The Morgan fingerprint density at radius 2 is 1.04 bits per heavy atom. The Bertz CT molecular complexity index is 1430. The highest BCUT2D eigenvalue weighted by Crippen LogP contribution is 2.23. The van der Waals surface area contributed by atoms with E-state index in [0.29, 0.717) is 31.2 Å². The number of carbonyl (C=O) groups excluding carboxylic acids is 4. The monoisotopic (exact) mass is 973 g/mol. The molecule has 0 aromatic heterocycles. The quantitative estimate of drug-likeness (QED) is 0.0210. The van der Waals surface area contributed by atoms with Crippen LogP contribution in [0.1, 0.15) is 222 Å². The first-order valence-corrected chi connectivity index (χ1v) is 28.4. The Balaban J connectivity index is 5.77. The van der Waals surface area contributed by atoms with E-state index in [-0.39, 0.29) is 37.9 Å². The van der Waals surface area contributed by atoms with Crippen LogP contribution in [0.5, 0.6) is 0 Å². The van der Waals surface area contributed by atoms with Crippen LogP contribution in [0, 0.1) is 17.8 Å². The van der Waals surface area contributed by atoms with Crippen LogP contribution in [0.3, 0.4) is 0 Å². The number of thioether (sulfide) groups is 1. The van der Waals surface area contributed by atoms with E-state index in [1.807, 2.05) is 45.0 Å². The predicted octanol–water partition coefficient (Wildman–Crippen LogP) is 14.9. The number of likely N-dealkylation sites (N-methyl/N-ethyl adjacent to an activating group) is 1. The van der Waals surface area contributed by atoms with E-state index in [0.717, 1.165) is 62.5 Å². The minimum absolute atomic E-state index is 0.116. The highest BCUT2D eigenvalue weighted by Gasteiger charge is 2.30. The maximum atomic E-state index is 13.9. The van der Waals surface area contributed by atoms with Gasteiger partial charge < -0.3 is 24.4 Å². The normalized spacial score (nSPS) is 13.2. The molecule has 9 nitrogen and oxygen atoms in total. The van der Waals surface area contributed by atoms with Gasteiger partial charge in [0.15, 0.2) is 0 Å². The second-order valence-electron chi connectivity index (χ2n) is 20.2. The molecule has 0 aliphatic heterocycles. The van der Waals surface area contributed by atoms with Gasteiger partial charge in [0, 0.05) is 18.8 Å².